The first kappa shape index (κ1) is 21.0. The van der Waals surface area contributed by atoms with Gasteiger partial charge in [0.25, 0.3) is 0 Å². The minimum absolute atomic E-state index is 0.103. The van der Waals surface area contributed by atoms with Crippen molar-refractivity contribution in [2.75, 3.05) is 31.7 Å². The van der Waals surface area contributed by atoms with Gasteiger partial charge in [-0.15, -0.1) is 0 Å². The number of carbonyl (C=O) groups is 1. The van der Waals surface area contributed by atoms with Crippen molar-refractivity contribution in [2.24, 2.45) is 0 Å². The Hall–Kier alpha value is -2.76. The van der Waals surface area contributed by atoms with Crippen molar-refractivity contribution in [1.82, 2.24) is 4.98 Å². The van der Waals surface area contributed by atoms with Crippen LogP contribution in [0.3, 0.4) is 0 Å². The molecule has 1 aliphatic rings. The monoisotopic (exact) mass is 398 g/mol. The Morgan fingerprint density at radius 3 is 2.66 bits per heavy atom. The van der Waals surface area contributed by atoms with Crippen LogP contribution in [0.5, 0.6) is 17.5 Å². The van der Waals surface area contributed by atoms with Gasteiger partial charge in [0.05, 0.1) is 20.3 Å². The SMILES string of the molecule is CCOc1ccc(N2CC[C@@H](Oc3ccc([C@H](C)CC(C)=O)cc3)C2)c(OC)n1. The molecule has 0 N–H and O–H groups in total. The van der Waals surface area contributed by atoms with Gasteiger partial charge in [-0.2, -0.15) is 4.98 Å². The molecular weight excluding hydrogens is 368 g/mol. The number of nitrogens with zero attached hydrogens (tertiary/aromatic N) is 2. The zero-order valence-electron chi connectivity index (χ0n) is 17.7. The van der Waals surface area contributed by atoms with Gasteiger partial charge in [-0.05, 0) is 43.5 Å². The van der Waals surface area contributed by atoms with E-state index in [1.807, 2.05) is 31.2 Å². The van der Waals surface area contributed by atoms with Gasteiger partial charge >= 0.3 is 0 Å². The lowest BCUT2D eigenvalue weighted by Crippen LogP contribution is -2.25. The number of ketones is 1. The highest BCUT2D eigenvalue weighted by atomic mass is 16.5. The Morgan fingerprint density at radius 1 is 1.24 bits per heavy atom. The summed E-state index contributed by atoms with van der Waals surface area (Å²) >= 11 is 0. The van der Waals surface area contributed by atoms with Crippen LogP contribution in [0.4, 0.5) is 5.69 Å². The maximum absolute atomic E-state index is 11.3. The van der Waals surface area contributed by atoms with Gasteiger partial charge in [0, 0.05) is 25.5 Å². The van der Waals surface area contributed by atoms with Gasteiger partial charge in [0.1, 0.15) is 23.3 Å². The lowest BCUT2D eigenvalue weighted by Gasteiger charge is -2.21. The molecule has 1 aromatic heterocycles. The number of pyridine rings is 1. The van der Waals surface area contributed by atoms with Crippen molar-refractivity contribution < 1.29 is 19.0 Å². The van der Waals surface area contributed by atoms with E-state index in [1.54, 1.807) is 14.0 Å². The minimum atomic E-state index is 0.103. The van der Waals surface area contributed by atoms with E-state index >= 15 is 0 Å². The Kier molecular flexibility index (Phi) is 6.96. The highest BCUT2D eigenvalue weighted by Crippen LogP contribution is 2.32. The Labute approximate surface area is 172 Å². The summed E-state index contributed by atoms with van der Waals surface area (Å²) < 4.78 is 17.1. The minimum Gasteiger partial charge on any atom is -0.489 e. The van der Waals surface area contributed by atoms with E-state index in [2.05, 4.69) is 28.9 Å². The van der Waals surface area contributed by atoms with E-state index in [9.17, 15) is 4.79 Å². The number of aromatic nitrogens is 1. The van der Waals surface area contributed by atoms with Crippen molar-refractivity contribution in [3.05, 3.63) is 42.0 Å². The molecule has 6 heteroatoms. The topological polar surface area (TPSA) is 60.9 Å². The van der Waals surface area contributed by atoms with Crippen molar-refractivity contribution >= 4 is 11.5 Å². The van der Waals surface area contributed by atoms with Crippen molar-refractivity contribution in [3.63, 3.8) is 0 Å². The predicted molar refractivity (Wildman–Crippen MR) is 113 cm³/mol. The Bertz CT molecular complexity index is 822. The van der Waals surface area contributed by atoms with Gasteiger partial charge in [0.15, 0.2) is 0 Å². The maximum Gasteiger partial charge on any atom is 0.240 e. The quantitative estimate of drug-likeness (QED) is 0.630. The lowest BCUT2D eigenvalue weighted by molar-refractivity contribution is -0.117. The summed E-state index contributed by atoms with van der Waals surface area (Å²) in [6.45, 7) is 7.86. The van der Waals surface area contributed by atoms with Gasteiger partial charge in [-0.1, -0.05) is 19.1 Å². The normalized spacial score (nSPS) is 17.1. The first-order valence-corrected chi connectivity index (χ1v) is 10.2. The van der Waals surface area contributed by atoms with Gasteiger partial charge in [-0.3, -0.25) is 0 Å². The number of methoxy groups -OCH3 is 1. The highest BCUT2D eigenvalue weighted by molar-refractivity contribution is 5.76. The van der Waals surface area contributed by atoms with Crippen molar-refractivity contribution in [1.29, 1.82) is 0 Å². The van der Waals surface area contributed by atoms with Crippen LogP contribution in [0.2, 0.25) is 0 Å². The van der Waals surface area contributed by atoms with E-state index in [0.717, 1.165) is 36.5 Å². The van der Waals surface area contributed by atoms with Crippen LogP contribution >= 0.6 is 0 Å². The number of carbonyl (C=O) groups excluding carboxylic acids is 1. The smallest absolute Gasteiger partial charge is 0.240 e. The summed E-state index contributed by atoms with van der Waals surface area (Å²) in [4.78, 5) is 18.0. The zero-order valence-corrected chi connectivity index (χ0v) is 17.7. The standard InChI is InChI=1S/C23H30N2O4/c1-5-28-22-11-10-21(23(24-22)27-4)25-13-12-20(15-25)29-19-8-6-18(7-9-19)16(2)14-17(3)26/h6-11,16,20H,5,12-15H2,1-4H3/t16-,20-/m1/s1. The summed E-state index contributed by atoms with van der Waals surface area (Å²) in [6.07, 6.45) is 1.60. The second-order valence-electron chi connectivity index (χ2n) is 7.46. The molecule has 1 fully saturated rings. The summed E-state index contributed by atoms with van der Waals surface area (Å²) in [5.41, 5.74) is 2.11. The molecule has 0 saturated carbocycles. The first-order valence-electron chi connectivity index (χ1n) is 10.2. The zero-order chi connectivity index (χ0) is 20.8. The van der Waals surface area contributed by atoms with Gasteiger partial charge < -0.3 is 23.9 Å². The van der Waals surface area contributed by atoms with Crippen LogP contribution in [0.15, 0.2) is 36.4 Å². The number of hydrogen-bond donors (Lipinski definition) is 0. The number of rotatable bonds is 9. The van der Waals surface area contributed by atoms with E-state index < -0.39 is 0 Å². The third-order valence-electron chi connectivity index (χ3n) is 5.13. The molecule has 1 aliphatic heterocycles. The molecule has 29 heavy (non-hydrogen) atoms. The molecule has 2 heterocycles. The second-order valence-corrected chi connectivity index (χ2v) is 7.46. The second kappa shape index (κ2) is 9.63. The van der Waals surface area contributed by atoms with E-state index in [-0.39, 0.29) is 17.8 Å². The molecule has 0 spiro atoms. The number of Topliss-reactive ketones (excluding diaryl/α,β-unsaturated/α-hetero) is 1. The third kappa shape index (κ3) is 5.40. The first-order chi connectivity index (χ1) is 14.0. The number of hydrogen-bond acceptors (Lipinski definition) is 6. The third-order valence-corrected chi connectivity index (χ3v) is 5.13. The number of benzene rings is 1. The Morgan fingerprint density at radius 2 is 2.00 bits per heavy atom. The van der Waals surface area contributed by atoms with Gasteiger partial charge in [-0.25, -0.2) is 0 Å². The molecular formula is C23H30N2O4. The molecule has 0 bridgehead atoms. The average molecular weight is 399 g/mol. The predicted octanol–water partition coefficient (Wildman–Crippen LogP) is 4.23. The fourth-order valence-corrected chi connectivity index (χ4v) is 3.69. The largest absolute Gasteiger partial charge is 0.489 e. The molecule has 3 rings (SSSR count). The fraction of sp³-hybridized carbons (Fsp3) is 0.478. The summed E-state index contributed by atoms with van der Waals surface area (Å²) in [5, 5.41) is 0. The summed E-state index contributed by atoms with van der Waals surface area (Å²) in [7, 11) is 1.63. The van der Waals surface area contributed by atoms with Gasteiger partial charge in [0.2, 0.25) is 11.8 Å². The molecule has 2 atom stereocenters. The highest BCUT2D eigenvalue weighted by Gasteiger charge is 2.27. The van der Waals surface area contributed by atoms with Crippen molar-refractivity contribution in [3.8, 4) is 17.5 Å². The maximum atomic E-state index is 11.3. The molecule has 1 aromatic carbocycles. The van der Waals surface area contributed by atoms with Crippen LogP contribution in [-0.4, -0.2) is 43.7 Å². The number of ether oxygens (including phenoxy) is 3. The summed E-state index contributed by atoms with van der Waals surface area (Å²) in [6, 6.07) is 12.0. The average Bonchev–Trinajstić information content (AvgIpc) is 3.16. The molecule has 156 valence electrons. The Balaban J connectivity index is 1.61. The molecule has 0 radical (unpaired) electrons. The van der Waals surface area contributed by atoms with Crippen LogP contribution < -0.4 is 19.1 Å². The lowest BCUT2D eigenvalue weighted by atomic mass is 9.96. The van der Waals surface area contributed by atoms with E-state index in [0.29, 0.717) is 24.8 Å². The van der Waals surface area contributed by atoms with Crippen LogP contribution in [0, 0.1) is 0 Å². The molecule has 0 unspecified atom stereocenters. The molecule has 0 amide bonds. The fourth-order valence-electron chi connectivity index (χ4n) is 3.69. The molecule has 2 aromatic rings. The van der Waals surface area contributed by atoms with E-state index in [4.69, 9.17) is 14.2 Å². The number of anilines is 1. The molecule has 0 aliphatic carbocycles. The van der Waals surface area contributed by atoms with Crippen LogP contribution in [-0.2, 0) is 4.79 Å². The van der Waals surface area contributed by atoms with Crippen molar-refractivity contribution in [2.45, 2.75) is 45.6 Å². The van der Waals surface area contributed by atoms with E-state index in [1.165, 1.54) is 0 Å². The van der Waals surface area contributed by atoms with Crippen LogP contribution in [0.25, 0.3) is 0 Å². The molecule has 1 saturated heterocycles. The molecule has 6 nitrogen and oxygen atoms in total. The summed E-state index contributed by atoms with van der Waals surface area (Å²) in [5.74, 6) is 2.43. The van der Waals surface area contributed by atoms with Crippen LogP contribution in [0.1, 0.15) is 45.1 Å².